The summed E-state index contributed by atoms with van der Waals surface area (Å²) in [4.78, 5) is 192. The molecule has 0 aliphatic carbocycles. The molecule has 0 aliphatic heterocycles. The number of carboxylic acids is 6. The van der Waals surface area contributed by atoms with Crippen molar-refractivity contribution in [3.8, 4) is 11.5 Å². The third-order valence-corrected chi connectivity index (χ3v) is 12.6. The van der Waals surface area contributed by atoms with Crippen LogP contribution in [-0.2, 0) is 84.8 Å². The highest BCUT2D eigenvalue weighted by atomic mass is 32.1. The monoisotopic (exact) mass is 1240 g/mol. The Hall–Kier alpha value is -9.60. The van der Waals surface area contributed by atoms with Crippen LogP contribution in [-0.4, -0.2) is 197 Å². The predicted molar refractivity (Wildman–Crippen MR) is 295 cm³/mol. The summed E-state index contributed by atoms with van der Waals surface area (Å²) in [6.07, 6.45) is -6.91. The summed E-state index contributed by atoms with van der Waals surface area (Å²) < 4.78 is 0. The number of thiol groups is 1. The van der Waals surface area contributed by atoms with Gasteiger partial charge in [-0.2, -0.15) is 12.6 Å². The van der Waals surface area contributed by atoms with Gasteiger partial charge < -0.3 is 94.4 Å². The van der Waals surface area contributed by atoms with Crippen LogP contribution >= 0.6 is 12.6 Å². The van der Waals surface area contributed by atoms with Gasteiger partial charge in [-0.1, -0.05) is 38.1 Å². The molecule has 9 amide bonds. The lowest BCUT2D eigenvalue weighted by atomic mass is 10.0. The van der Waals surface area contributed by atoms with Crippen molar-refractivity contribution >= 4 is 102 Å². The third-order valence-electron chi connectivity index (χ3n) is 12.2. The van der Waals surface area contributed by atoms with E-state index in [4.69, 9.17) is 10.2 Å². The van der Waals surface area contributed by atoms with Crippen LogP contribution in [0.3, 0.4) is 0 Å². The number of carboxylic acid groups (broad SMARTS) is 6. The highest BCUT2D eigenvalue weighted by Crippen LogP contribution is 2.15. The first-order valence-electron chi connectivity index (χ1n) is 26.3. The van der Waals surface area contributed by atoms with Crippen molar-refractivity contribution in [2.24, 2.45) is 5.92 Å². The maximum Gasteiger partial charge on any atom is 0.326 e. The summed E-state index contributed by atoms with van der Waals surface area (Å²) in [6.45, 7) is 2.31. The normalized spacial score (nSPS) is 14.0. The number of carbonyl (C=O) groups is 15. The molecule has 20 N–H and O–H groups in total. The first-order chi connectivity index (χ1) is 40.3. The Morgan fingerprint density at radius 2 is 0.756 bits per heavy atom. The van der Waals surface area contributed by atoms with Crippen LogP contribution in [0.15, 0.2) is 48.5 Å². The van der Waals surface area contributed by atoms with Gasteiger partial charge in [0.25, 0.3) is 5.91 Å². The van der Waals surface area contributed by atoms with Gasteiger partial charge >= 0.3 is 35.8 Å². The first kappa shape index (κ1) is 72.5. The molecule has 2 aromatic rings. The molecule has 0 saturated heterocycles. The molecule has 0 spiro atoms. The second kappa shape index (κ2) is 36.2. The first-order valence-corrected chi connectivity index (χ1v) is 26.9. The van der Waals surface area contributed by atoms with Crippen LogP contribution in [0.4, 0.5) is 0 Å². The number of aliphatic carboxylic acids is 6. The fraction of sp³-hybridized carbons (Fsp3) is 0.481. The summed E-state index contributed by atoms with van der Waals surface area (Å²) in [6, 6.07) is -4.91. The van der Waals surface area contributed by atoms with Crippen LogP contribution in [0, 0.1) is 5.92 Å². The number of carbonyl (C=O) groups excluding carboxylic acids is 9. The van der Waals surface area contributed by atoms with Gasteiger partial charge in [0.15, 0.2) is 6.04 Å². The highest BCUT2D eigenvalue weighted by Gasteiger charge is 2.36. The topological polar surface area (TPSA) is 554 Å². The van der Waals surface area contributed by atoms with Crippen LogP contribution in [0.5, 0.6) is 11.5 Å². The Labute approximate surface area is 494 Å². The van der Waals surface area contributed by atoms with E-state index < -0.39 is 220 Å². The molecule has 0 bridgehead atoms. The number of hydrogen-bond donors (Lipinski definition) is 19. The number of phenolic OH excluding ortho intramolecular Hbond substituents is 2. The van der Waals surface area contributed by atoms with E-state index in [2.05, 4.69) is 60.9 Å². The number of rotatable bonds is 39. The maximum absolute atomic E-state index is 14.2. The number of amides is 9. The second-order valence-electron chi connectivity index (χ2n) is 19.8. The second-order valence-corrected chi connectivity index (χ2v) is 20.2. The van der Waals surface area contributed by atoms with E-state index >= 15 is 0 Å². The molecule has 0 radical (unpaired) electrons. The molecule has 0 saturated carbocycles. The van der Waals surface area contributed by atoms with Gasteiger partial charge in [-0.25, -0.2) is 4.79 Å². The Balaban J connectivity index is 2.47. The number of nitrogens with one attached hydrogen (secondary N) is 9. The van der Waals surface area contributed by atoms with Gasteiger partial charge in [0, 0.05) is 37.9 Å². The summed E-state index contributed by atoms with van der Waals surface area (Å²) >= 11 is 4.11. The van der Waals surface area contributed by atoms with E-state index in [0.29, 0.717) is 0 Å². The van der Waals surface area contributed by atoms with Crippen molar-refractivity contribution in [3.05, 3.63) is 59.7 Å². The number of benzene rings is 2. The average Bonchev–Trinajstić information content (AvgIpc) is 3.05. The minimum Gasteiger partial charge on any atom is -0.508 e. The molecule has 2 aromatic carbocycles. The van der Waals surface area contributed by atoms with E-state index in [1.165, 1.54) is 48.5 Å². The predicted octanol–water partition coefficient (Wildman–Crippen LogP) is -4.91. The summed E-state index contributed by atoms with van der Waals surface area (Å²) in [5.74, 6) is -20.5. The zero-order valence-electron chi connectivity index (χ0n) is 46.4. The van der Waals surface area contributed by atoms with Crippen molar-refractivity contribution in [2.45, 2.75) is 139 Å². The molecular formula is C52H71N10O23S+. The van der Waals surface area contributed by atoms with Gasteiger partial charge in [-0.3, -0.25) is 67.1 Å². The molecule has 33 nitrogen and oxygen atoms in total. The lowest BCUT2D eigenvalue weighted by molar-refractivity contribution is -0.403. The lowest BCUT2D eigenvalue weighted by Gasteiger charge is -2.27. The molecule has 0 aliphatic rings. The summed E-state index contributed by atoms with van der Waals surface area (Å²) in [7, 11) is 0. The van der Waals surface area contributed by atoms with Crippen molar-refractivity contribution in [2.75, 3.05) is 12.3 Å². The fourth-order valence-electron chi connectivity index (χ4n) is 7.80. The molecule has 9 atom stereocenters. The minimum absolute atomic E-state index is 0.113. The van der Waals surface area contributed by atoms with Crippen LogP contribution in [0.1, 0.15) is 82.8 Å². The van der Waals surface area contributed by atoms with Crippen molar-refractivity contribution in [1.29, 1.82) is 0 Å². The highest BCUT2D eigenvalue weighted by molar-refractivity contribution is 7.80. The molecule has 0 aromatic heterocycles. The van der Waals surface area contributed by atoms with E-state index in [1.807, 2.05) is 5.32 Å². The van der Waals surface area contributed by atoms with Crippen molar-refractivity contribution in [1.82, 2.24) is 47.9 Å². The van der Waals surface area contributed by atoms with E-state index in [1.54, 1.807) is 13.8 Å². The largest absolute Gasteiger partial charge is 0.508 e. The van der Waals surface area contributed by atoms with E-state index in [0.717, 1.165) is 0 Å². The number of phenols is 2. The molecule has 34 heteroatoms. The molecule has 0 fully saturated rings. The van der Waals surface area contributed by atoms with Crippen molar-refractivity contribution in [3.63, 3.8) is 0 Å². The van der Waals surface area contributed by atoms with E-state index in [-0.39, 0.29) is 35.0 Å². The quantitative estimate of drug-likeness (QED) is 0.0279. The zero-order valence-corrected chi connectivity index (χ0v) is 47.3. The van der Waals surface area contributed by atoms with Crippen LogP contribution in [0.2, 0.25) is 0 Å². The Morgan fingerprint density at radius 3 is 1.14 bits per heavy atom. The molecule has 1 unspecified atom stereocenters. The van der Waals surface area contributed by atoms with Crippen molar-refractivity contribution < 1.29 is 119 Å². The number of hydrogen-bond acceptors (Lipinski definition) is 18. The SMILES string of the molecule is CC(C)C[C@H](NC(=O)[C@H](CS)NC(=O)[C@H](CCC(=O)O)NC(=O)[C@H](Cc1ccc(O)cc1)NC(=O)CNC(=O)[C@H](Cc1ccc(O)cc1)NC(=O)C(CCC(=O)O)NC(=O)[C@H](CCC(=O)O)NC(=O)[C@@H]([NH3+])CC(=O)O)C(=O)N[C@@H](CC(=O)O)C(=O)O. The molecular weight excluding hydrogens is 1160 g/mol. The molecule has 0 heterocycles. The maximum atomic E-state index is 14.2. The Kier molecular flexibility index (Phi) is 30.5. The van der Waals surface area contributed by atoms with Gasteiger partial charge in [0.2, 0.25) is 47.3 Å². The fourth-order valence-corrected chi connectivity index (χ4v) is 8.06. The Morgan fingerprint density at radius 1 is 0.419 bits per heavy atom. The van der Waals surface area contributed by atoms with Crippen LogP contribution in [0.25, 0.3) is 0 Å². The lowest BCUT2D eigenvalue weighted by Crippen LogP contribution is -2.69. The Bertz CT molecular complexity index is 2790. The summed E-state index contributed by atoms with van der Waals surface area (Å²) in [5, 5.41) is 96.3. The van der Waals surface area contributed by atoms with E-state index in [9.17, 15) is 103 Å². The smallest absolute Gasteiger partial charge is 0.326 e. The minimum atomic E-state index is -1.89. The standard InChI is InChI=1S/C52H70N10O23S/c1-24(2)17-33(49(81)61-36(52(84)85)21-43(74)75)59-51(83)37(23-86)62-48(80)32(13-16-41(70)71)58-50(82)35(19-26-5-9-28(64)10-6-26)55-38(65)22-54-45(77)34(18-25-3-7-27(63)8-4-25)60-47(79)31(12-15-40(68)69)57-46(78)30(11-14-39(66)67)56-44(76)29(53)20-42(72)73/h3-10,24,29-37,63-64,86H,11-23,53H2,1-2H3,(H,54,77)(H,55,65)(H,56,76)(H,57,78)(H,58,82)(H,59,83)(H,60,79)(H,61,81)(H,62,80)(H,66,67)(H,68,69)(H,70,71)(H,72,73)(H,74,75)(H,84,85)/p+1/t29-,30-,31?,32-,33-,34-,35-,36-,37-/m0/s1. The van der Waals surface area contributed by atoms with Gasteiger partial charge in [-0.15, -0.1) is 0 Å². The van der Waals surface area contributed by atoms with Crippen LogP contribution < -0.4 is 53.6 Å². The van der Waals surface area contributed by atoms with Gasteiger partial charge in [0.05, 0.1) is 13.0 Å². The number of quaternary nitrogens is 1. The molecule has 2 rings (SSSR count). The molecule has 86 heavy (non-hydrogen) atoms. The summed E-state index contributed by atoms with van der Waals surface area (Å²) in [5.41, 5.74) is 3.96. The number of aromatic hydroxyl groups is 2. The average molecular weight is 1240 g/mol. The molecule has 472 valence electrons. The zero-order chi connectivity index (χ0) is 65.0. The van der Waals surface area contributed by atoms with Gasteiger partial charge in [0.1, 0.15) is 66.3 Å². The third kappa shape index (κ3) is 27.7. The van der Waals surface area contributed by atoms with Gasteiger partial charge in [-0.05, 0) is 67.0 Å².